The van der Waals surface area contributed by atoms with Crippen molar-refractivity contribution in [1.29, 1.82) is 0 Å². The van der Waals surface area contributed by atoms with Gasteiger partial charge in [-0.1, -0.05) is 18.2 Å². The number of halogens is 3. The zero-order valence-corrected chi connectivity index (χ0v) is 12.7. The molecule has 3 nitrogen and oxygen atoms in total. The highest BCUT2D eigenvalue weighted by Gasteiger charge is 2.32. The molecular formula is C16H22F3NO2. The van der Waals surface area contributed by atoms with Crippen LogP contribution in [0.5, 0.6) is 5.75 Å². The molecule has 0 N–H and O–H groups in total. The molecule has 0 aliphatic carbocycles. The lowest BCUT2D eigenvalue weighted by atomic mass is 10.1. The Morgan fingerprint density at radius 2 is 2.09 bits per heavy atom. The molecule has 0 radical (unpaired) electrons. The number of nitrogens with zero attached hydrogens (tertiary/aromatic N) is 1. The fraction of sp³-hybridized carbons (Fsp3) is 0.625. The van der Waals surface area contributed by atoms with Crippen LogP contribution >= 0.6 is 0 Å². The van der Waals surface area contributed by atoms with Crippen LogP contribution in [0.2, 0.25) is 0 Å². The van der Waals surface area contributed by atoms with Gasteiger partial charge in [0.2, 0.25) is 0 Å². The van der Waals surface area contributed by atoms with Crippen molar-refractivity contribution < 1.29 is 22.6 Å². The van der Waals surface area contributed by atoms with E-state index in [2.05, 4.69) is 4.74 Å². The molecule has 0 saturated carbocycles. The van der Waals surface area contributed by atoms with Crippen LogP contribution in [0.3, 0.4) is 0 Å². The van der Waals surface area contributed by atoms with E-state index in [0.717, 1.165) is 38.8 Å². The van der Waals surface area contributed by atoms with Crippen molar-refractivity contribution in [2.75, 3.05) is 20.2 Å². The number of benzene rings is 1. The monoisotopic (exact) mass is 317 g/mol. The smallest absolute Gasteiger partial charge is 0.405 e. The second-order valence-corrected chi connectivity index (χ2v) is 5.67. The summed E-state index contributed by atoms with van der Waals surface area (Å²) in [7, 11) is 1.90. The lowest BCUT2D eigenvalue weighted by Gasteiger charge is -2.20. The van der Waals surface area contributed by atoms with Gasteiger partial charge in [0.1, 0.15) is 5.75 Å². The number of ether oxygens (including phenoxy) is 2. The maximum Gasteiger partial charge on any atom is 0.573 e. The van der Waals surface area contributed by atoms with Gasteiger partial charge in [0, 0.05) is 18.7 Å². The summed E-state index contributed by atoms with van der Waals surface area (Å²) in [5.74, 6) is -0.124. The quantitative estimate of drug-likeness (QED) is 0.759. The molecule has 1 aliphatic rings. The molecular weight excluding hydrogens is 295 g/mol. The van der Waals surface area contributed by atoms with Crippen molar-refractivity contribution in [2.45, 2.75) is 44.7 Å². The van der Waals surface area contributed by atoms with E-state index in [1.54, 1.807) is 18.2 Å². The maximum absolute atomic E-state index is 12.4. The van der Waals surface area contributed by atoms with Crippen LogP contribution in [-0.4, -0.2) is 37.6 Å². The molecule has 1 aromatic rings. The highest BCUT2D eigenvalue weighted by Crippen LogP contribution is 2.27. The molecule has 22 heavy (non-hydrogen) atoms. The van der Waals surface area contributed by atoms with E-state index in [4.69, 9.17) is 4.74 Å². The number of hydrogen-bond donors (Lipinski definition) is 0. The molecule has 0 bridgehead atoms. The van der Waals surface area contributed by atoms with Crippen molar-refractivity contribution in [3.05, 3.63) is 29.8 Å². The Hall–Kier alpha value is -1.27. The van der Waals surface area contributed by atoms with E-state index in [0.29, 0.717) is 18.2 Å². The largest absolute Gasteiger partial charge is 0.573 e. The minimum Gasteiger partial charge on any atom is -0.405 e. The first-order chi connectivity index (χ1) is 10.4. The van der Waals surface area contributed by atoms with Crippen molar-refractivity contribution in [3.63, 3.8) is 0 Å². The lowest BCUT2D eigenvalue weighted by molar-refractivity contribution is -0.275. The van der Waals surface area contributed by atoms with E-state index >= 15 is 0 Å². The van der Waals surface area contributed by atoms with Crippen LogP contribution in [0.1, 0.15) is 31.2 Å². The molecule has 1 aliphatic heterocycles. The maximum atomic E-state index is 12.4. The van der Waals surface area contributed by atoms with Gasteiger partial charge in [-0.3, -0.25) is 0 Å². The molecule has 0 aromatic heterocycles. The first-order valence-corrected chi connectivity index (χ1v) is 7.58. The average Bonchev–Trinajstić information content (AvgIpc) is 2.92. The summed E-state index contributed by atoms with van der Waals surface area (Å²) in [6.45, 7) is 2.10. The third-order valence-electron chi connectivity index (χ3n) is 3.73. The standard InChI is InChI=1S/C16H22F3NO2/c1-20(10-4-7-14-8-5-11-21-14)12-13-6-2-3-9-15(13)22-16(17,18)19/h2-3,6,9,14H,4-5,7-8,10-12H2,1H3/t14-/m1/s1. The van der Waals surface area contributed by atoms with E-state index in [1.165, 1.54) is 6.07 Å². The van der Waals surface area contributed by atoms with Gasteiger partial charge in [-0.15, -0.1) is 13.2 Å². The topological polar surface area (TPSA) is 21.7 Å². The van der Waals surface area contributed by atoms with E-state index < -0.39 is 6.36 Å². The highest BCUT2D eigenvalue weighted by atomic mass is 19.4. The van der Waals surface area contributed by atoms with Crippen molar-refractivity contribution in [3.8, 4) is 5.75 Å². The van der Waals surface area contributed by atoms with Crippen LogP contribution in [0.25, 0.3) is 0 Å². The molecule has 1 fully saturated rings. The SMILES string of the molecule is CN(CCC[C@@H]1CCCO1)Cc1ccccc1OC(F)(F)F. The fourth-order valence-corrected chi connectivity index (χ4v) is 2.69. The number of hydrogen-bond acceptors (Lipinski definition) is 3. The molecule has 1 atom stereocenters. The van der Waals surface area contributed by atoms with Gasteiger partial charge < -0.3 is 14.4 Å². The van der Waals surface area contributed by atoms with E-state index in [9.17, 15) is 13.2 Å². The molecule has 0 amide bonds. The van der Waals surface area contributed by atoms with Gasteiger partial charge in [0.15, 0.2) is 0 Å². The second kappa shape index (κ2) is 7.83. The van der Waals surface area contributed by atoms with Crippen molar-refractivity contribution >= 4 is 0 Å². The third-order valence-corrected chi connectivity index (χ3v) is 3.73. The molecule has 1 saturated heterocycles. The van der Waals surface area contributed by atoms with Gasteiger partial charge in [-0.05, 0) is 45.3 Å². The molecule has 0 spiro atoms. The molecule has 6 heteroatoms. The Labute approximate surface area is 129 Å². The van der Waals surface area contributed by atoms with Crippen LogP contribution < -0.4 is 4.74 Å². The summed E-state index contributed by atoms with van der Waals surface area (Å²) in [5, 5.41) is 0. The summed E-state index contributed by atoms with van der Waals surface area (Å²) in [4.78, 5) is 2.01. The highest BCUT2D eigenvalue weighted by molar-refractivity contribution is 5.33. The zero-order chi connectivity index (χ0) is 16.0. The predicted octanol–water partition coefficient (Wildman–Crippen LogP) is 3.98. The van der Waals surface area contributed by atoms with E-state index in [1.807, 2.05) is 11.9 Å². The molecule has 1 heterocycles. The Bertz CT molecular complexity index is 459. The Kier molecular flexibility index (Phi) is 6.08. The van der Waals surface area contributed by atoms with Crippen LogP contribution in [0, 0.1) is 0 Å². The molecule has 0 unspecified atom stereocenters. The van der Waals surface area contributed by atoms with Crippen LogP contribution in [-0.2, 0) is 11.3 Å². The minimum absolute atomic E-state index is 0.124. The number of para-hydroxylation sites is 1. The Morgan fingerprint density at radius 3 is 2.77 bits per heavy atom. The van der Waals surface area contributed by atoms with Gasteiger partial charge in [-0.2, -0.15) is 0 Å². The Balaban J connectivity index is 1.81. The zero-order valence-electron chi connectivity index (χ0n) is 12.7. The second-order valence-electron chi connectivity index (χ2n) is 5.67. The molecule has 124 valence electrons. The summed E-state index contributed by atoms with van der Waals surface area (Å²) in [5.41, 5.74) is 0.541. The fourth-order valence-electron chi connectivity index (χ4n) is 2.69. The lowest BCUT2D eigenvalue weighted by Crippen LogP contribution is -2.22. The summed E-state index contributed by atoms with van der Waals surface area (Å²) < 4.78 is 46.8. The van der Waals surface area contributed by atoms with Crippen molar-refractivity contribution in [1.82, 2.24) is 4.90 Å². The first-order valence-electron chi connectivity index (χ1n) is 7.58. The van der Waals surface area contributed by atoms with E-state index in [-0.39, 0.29) is 5.75 Å². The van der Waals surface area contributed by atoms with Gasteiger partial charge >= 0.3 is 6.36 Å². The van der Waals surface area contributed by atoms with Crippen LogP contribution in [0.15, 0.2) is 24.3 Å². The first kappa shape index (κ1) is 17.1. The number of alkyl halides is 3. The predicted molar refractivity (Wildman–Crippen MR) is 77.7 cm³/mol. The molecule has 1 aromatic carbocycles. The van der Waals surface area contributed by atoms with Gasteiger partial charge in [-0.25, -0.2) is 0 Å². The van der Waals surface area contributed by atoms with Gasteiger partial charge in [0.25, 0.3) is 0 Å². The van der Waals surface area contributed by atoms with Crippen LogP contribution in [0.4, 0.5) is 13.2 Å². The number of rotatable bonds is 7. The summed E-state index contributed by atoms with van der Waals surface area (Å²) in [6.07, 6.45) is -0.0771. The average molecular weight is 317 g/mol. The summed E-state index contributed by atoms with van der Waals surface area (Å²) >= 11 is 0. The van der Waals surface area contributed by atoms with Gasteiger partial charge in [0.05, 0.1) is 6.10 Å². The third kappa shape index (κ3) is 5.85. The Morgan fingerprint density at radius 1 is 1.32 bits per heavy atom. The van der Waals surface area contributed by atoms with Crippen molar-refractivity contribution in [2.24, 2.45) is 0 Å². The molecule has 2 rings (SSSR count). The normalized spacial score (nSPS) is 18.9. The minimum atomic E-state index is -4.66. The summed E-state index contributed by atoms with van der Waals surface area (Å²) in [6, 6.07) is 6.28.